The van der Waals surface area contributed by atoms with Crippen LogP contribution >= 0.6 is 11.6 Å². The highest BCUT2D eigenvalue weighted by atomic mass is 35.5. The molecule has 0 aliphatic rings. The van der Waals surface area contributed by atoms with Crippen LogP contribution in [0.4, 0.5) is 23.7 Å². The van der Waals surface area contributed by atoms with E-state index in [0.29, 0.717) is 10.6 Å². The molecule has 138 valence electrons. The van der Waals surface area contributed by atoms with E-state index < -0.39 is 29.7 Å². The standard InChI is InChI=1S/C17H15ClF3N3O2/c18-13-7-2-1-6-12(13)14(24-16(22)26)9-15(25)23-11-5-3-4-10(8-11)17(19,20)21/h1-8,14H,9H2,(H,23,25)(H3,22,24,26). The minimum Gasteiger partial charge on any atom is -0.352 e. The van der Waals surface area contributed by atoms with Gasteiger partial charge in [-0.3, -0.25) is 4.79 Å². The fourth-order valence-corrected chi connectivity index (χ4v) is 2.61. The Morgan fingerprint density at radius 2 is 1.81 bits per heavy atom. The molecule has 2 aromatic carbocycles. The lowest BCUT2D eigenvalue weighted by Gasteiger charge is -2.19. The molecular formula is C17H15ClF3N3O2. The molecule has 0 aromatic heterocycles. The van der Waals surface area contributed by atoms with E-state index in [9.17, 15) is 22.8 Å². The van der Waals surface area contributed by atoms with Gasteiger partial charge in [0.2, 0.25) is 5.91 Å². The van der Waals surface area contributed by atoms with Gasteiger partial charge in [0.25, 0.3) is 0 Å². The van der Waals surface area contributed by atoms with Crippen LogP contribution in [0.2, 0.25) is 5.02 Å². The van der Waals surface area contributed by atoms with Crippen molar-refractivity contribution in [2.75, 3.05) is 5.32 Å². The quantitative estimate of drug-likeness (QED) is 0.724. The van der Waals surface area contributed by atoms with Gasteiger partial charge in [0.15, 0.2) is 0 Å². The highest BCUT2D eigenvalue weighted by molar-refractivity contribution is 6.31. The number of hydrogen-bond acceptors (Lipinski definition) is 2. The van der Waals surface area contributed by atoms with Gasteiger partial charge >= 0.3 is 12.2 Å². The molecule has 2 rings (SSSR count). The van der Waals surface area contributed by atoms with Crippen molar-refractivity contribution in [1.29, 1.82) is 0 Å². The molecule has 0 aliphatic carbocycles. The Kier molecular flexibility index (Phi) is 6.10. The Balaban J connectivity index is 2.15. The van der Waals surface area contributed by atoms with Gasteiger partial charge in [0.1, 0.15) is 0 Å². The van der Waals surface area contributed by atoms with E-state index in [0.717, 1.165) is 12.1 Å². The molecule has 26 heavy (non-hydrogen) atoms. The minimum absolute atomic E-state index is 0.0122. The summed E-state index contributed by atoms with van der Waals surface area (Å²) in [6.07, 6.45) is -4.78. The number of halogens is 4. The van der Waals surface area contributed by atoms with E-state index in [2.05, 4.69) is 10.6 Å². The van der Waals surface area contributed by atoms with Crippen LogP contribution in [0.25, 0.3) is 0 Å². The smallest absolute Gasteiger partial charge is 0.352 e. The van der Waals surface area contributed by atoms with E-state index >= 15 is 0 Å². The molecule has 4 N–H and O–H groups in total. The van der Waals surface area contributed by atoms with Crippen molar-refractivity contribution in [3.8, 4) is 0 Å². The number of benzene rings is 2. The number of hydrogen-bond donors (Lipinski definition) is 3. The van der Waals surface area contributed by atoms with Crippen LogP contribution in [0.5, 0.6) is 0 Å². The number of carbonyl (C=O) groups excluding carboxylic acids is 2. The second kappa shape index (κ2) is 8.09. The zero-order valence-corrected chi connectivity index (χ0v) is 14.1. The number of carbonyl (C=O) groups is 2. The third-order valence-corrected chi connectivity index (χ3v) is 3.80. The average Bonchev–Trinajstić information content (AvgIpc) is 2.53. The van der Waals surface area contributed by atoms with Crippen molar-refractivity contribution >= 4 is 29.2 Å². The van der Waals surface area contributed by atoms with Gasteiger partial charge in [0, 0.05) is 10.7 Å². The molecule has 1 atom stereocenters. The summed E-state index contributed by atoms with van der Waals surface area (Å²) in [5, 5.41) is 5.09. The van der Waals surface area contributed by atoms with E-state index in [1.165, 1.54) is 12.1 Å². The number of nitrogens with two attached hydrogens (primary N) is 1. The molecule has 0 bridgehead atoms. The van der Waals surface area contributed by atoms with Crippen LogP contribution in [0.1, 0.15) is 23.6 Å². The number of urea groups is 1. The zero-order valence-electron chi connectivity index (χ0n) is 13.3. The number of rotatable bonds is 5. The third kappa shape index (κ3) is 5.38. The first-order valence-corrected chi connectivity index (χ1v) is 7.82. The summed E-state index contributed by atoms with van der Waals surface area (Å²) >= 11 is 6.07. The van der Waals surface area contributed by atoms with Crippen LogP contribution in [0.15, 0.2) is 48.5 Å². The molecule has 2 aromatic rings. The monoisotopic (exact) mass is 385 g/mol. The number of alkyl halides is 3. The first-order valence-electron chi connectivity index (χ1n) is 7.44. The second-order valence-electron chi connectivity index (χ2n) is 5.41. The van der Waals surface area contributed by atoms with Crippen LogP contribution in [-0.4, -0.2) is 11.9 Å². The highest BCUT2D eigenvalue weighted by Gasteiger charge is 2.30. The van der Waals surface area contributed by atoms with Gasteiger partial charge in [-0.05, 0) is 29.8 Å². The average molecular weight is 386 g/mol. The van der Waals surface area contributed by atoms with Gasteiger partial charge < -0.3 is 16.4 Å². The molecule has 0 aliphatic heterocycles. The lowest BCUT2D eigenvalue weighted by molar-refractivity contribution is -0.137. The fraction of sp³-hybridized carbons (Fsp3) is 0.176. The molecule has 0 heterocycles. The van der Waals surface area contributed by atoms with Crippen molar-refractivity contribution in [3.05, 3.63) is 64.7 Å². The van der Waals surface area contributed by atoms with Gasteiger partial charge in [-0.1, -0.05) is 35.9 Å². The van der Waals surface area contributed by atoms with Crippen molar-refractivity contribution in [3.63, 3.8) is 0 Å². The SMILES string of the molecule is NC(=O)NC(CC(=O)Nc1cccc(C(F)(F)F)c1)c1ccccc1Cl. The van der Waals surface area contributed by atoms with Crippen molar-refractivity contribution in [1.82, 2.24) is 5.32 Å². The molecular weight excluding hydrogens is 371 g/mol. The maximum atomic E-state index is 12.7. The highest BCUT2D eigenvalue weighted by Crippen LogP contribution is 2.31. The summed E-state index contributed by atoms with van der Waals surface area (Å²) in [7, 11) is 0. The first kappa shape index (κ1) is 19.6. The van der Waals surface area contributed by atoms with Crippen LogP contribution in [-0.2, 0) is 11.0 Å². The van der Waals surface area contributed by atoms with Gasteiger partial charge in [-0.25, -0.2) is 4.79 Å². The summed E-state index contributed by atoms with van der Waals surface area (Å²) in [4.78, 5) is 23.4. The lowest BCUT2D eigenvalue weighted by atomic mass is 10.0. The molecule has 9 heteroatoms. The largest absolute Gasteiger partial charge is 0.416 e. The van der Waals surface area contributed by atoms with Gasteiger partial charge in [-0.15, -0.1) is 0 Å². The minimum atomic E-state index is -4.52. The summed E-state index contributed by atoms with van der Waals surface area (Å²) < 4.78 is 38.2. The summed E-state index contributed by atoms with van der Waals surface area (Å²) in [6.45, 7) is 0. The van der Waals surface area contributed by atoms with Crippen molar-refractivity contribution in [2.24, 2.45) is 5.73 Å². The van der Waals surface area contributed by atoms with Crippen LogP contribution < -0.4 is 16.4 Å². The van der Waals surface area contributed by atoms with Crippen molar-refractivity contribution < 1.29 is 22.8 Å². The number of primary amides is 1. The Bertz CT molecular complexity index is 812. The number of nitrogens with one attached hydrogen (secondary N) is 2. The molecule has 1 unspecified atom stereocenters. The van der Waals surface area contributed by atoms with Crippen LogP contribution in [0.3, 0.4) is 0 Å². The Morgan fingerprint density at radius 3 is 2.42 bits per heavy atom. The fourth-order valence-electron chi connectivity index (χ4n) is 2.34. The summed E-state index contributed by atoms with van der Waals surface area (Å²) in [5.41, 5.74) is 4.70. The van der Waals surface area contributed by atoms with Crippen molar-refractivity contribution in [2.45, 2.75) is 18.6 Å². The topological polar surface area (TPSA) is 84.2 Å². The molecule has 0 saturated heterocycles. The predicted octanol–water partition coefficient (Wildman–Crippen LogP) is 4.10. The summed E-state index contributed by atoms with van der Waals surface area (Å²) in [5.74, 6) is -0.608. The van der Waals surface area contributed by atoms with Gasteiger partial charge in [0.05, 0.1) is 18.0 Å². The molecule has 5 nitrogen and oxygen atoms in total. The van der Waals surface area contributed by atoms with E-state index in [1.807, 2.05) is 0 Å². The molecule has 0 fully saturated rings. The second-order valence-corrected chi connectivity index (χ2v) is 5.82. The first-order chi connectivity index (χ1) is 12.2. The van der Waals surface area contributed by atoms with E-state index in [4.69, 9.17) is 17.3 Å². The molecule has 3 amide bonds. The van der Waals surface area contributed by atoms with E-state index in [1.54, 1.807) is 24.3 Å². The maximum absolute atomic E-state index is 12.7. The normalized spacial score (nSPS) is 12.3. The zero-order chi connectivity index (χ0) is 19.3. The number of amides is 3. The molecule has 0 saturated carbocycles. The van der Waals surface area contributed by atoms with Crippen LogP contribution in [0, 0.1) is 0 Å². The summed E-state index contributed by atoms with van der Waals surface area (Å²) in [6, 6.07) is 9.09. The Morgan fingerprint density at radius 1 is 1.12 bits per heavy atom. The molecule has 0 spiro atoms. The third-order valence-electron chi connectivity index (χ3n) is 3.46. The number of anilines is 1. The predicted molar refractivity (Wildman–Crippen MR) is 91.6 cm³/mol. The Labute approximate surface area is 152 Å². The maximum Gasteiger partial charge on any atom is 0.416 e. The molecule has 0 radical (unpaired) electrons. The van der Waals surface area contributed by atoms with E-state index in [-0.39, 0.29) is 12.1 Å². The Hall–Kier alpha value is -2.74. The van der Waals surface area contributed by atoms with Gasteiger partial charge in [-0.2, -0.15) is 13.2 Å². The lowest BCUT2D eigenvalue weighted by Crippen LogP contribution is -2.35.